The van der Waals surface area contributed by atoms with Crippen LogP contribution >= 0.6 is 0 Å². The highest BCUT2D eigenvalue weighted by molar-refractivity contribution is 5.62. The van der Waals surface area contributed by atoms with Crippen LogP contribution in [0, 0.1) is 5.41 Å². The predicted octanol–water partition coefficient (Wildman–Crippen LogP) is 1.59. The summed E-state index contributed by atoms with van der Waals surface area (Å²) in [4.78, 5) is 2.44. The smallest absolute Gasteiger partial charge is 0.165 e. The third-order valence-electron chi connectivity index (χ3n) is 6.81. The van der Waals surface area contributed by atoms with Crippen molar-refractivity contribution in [3.63, 3.8) is 0 Å². The van der Waals surface area contributed by atoms with Crippen molar-refractivity contribution in [2.45, 2.75) is 43.4 Å². The van der Waals surface area contributed by atoms with E-state index in [2.05, 4.69) is 24.9 Å². The molecule has 2 bridgehead atoms. The molecular formula is C18H21NO3. The highest BCUT2D eigenvalue weighted by atomic mass is 16.5. The number of likely N-dealkylation sites (tertiary alicyclic amines) is 1. The number of nitrogens with zero attached hydrogens (tertiary/aromatic N) is 1. The fourth-order valence-corrected chi connectivity index (χ4v) is 5.73. The molecule has 2 aliphatic carbocycles. The molecule has 22 heavy (non-hydrogen) atoms. The molecule has 5 atom stereocenters. The molecule has 1 saturated heterocycles. The Morgan fingerprint density at radius 2 is 2.18 bits per heavy atom. The molecular weight excluding hydrogens is 278 g/mol. The van der Waals surface area contributed by atoms with Crippen molar-refractivity contribution in [1.82, 2.24) is 4.90 Å². The molecule has 4 aliphatic rings. The minimum atomic E-state index is -0.616. The van der Waals surface area contributed by atoms with Crippen molar-refractivity contribution in [3.05, 3.63) is 35.4 Å². The SMILES string of the molecule is CN1CC[C@]23c4c5ccc(O)c4OC2[C@@H](O)C=CC3(C)C1C5. The Kier molecular flexibility index (Phi) is 2.17. The van der Waals surface area contributed by atoms with E-state index < -0.39 is 6.10 Å². The zero-order valence-electron chi connectivity index (χ0n) is 12.9. The number of hydrogen-bond acceptors (Lipinski definition) is 4. The predicted molar refractivity (Wildman–Crippen MR) is 82.2 cm³/mol. The normalized spacial score (nSPS) is 44.6. The number of likely N-dealkylation sites (N-methyl/N-ethyl adjacent to an activating group) is 1. The Labute approximate surface area is 130 Å². The largest absolute Gasteiger partial charge is 0.504 e. The van der Waals surface area contributed by atoms with Gasteiger partial charge in [0.1, 0.15) is 12.2 Å². The molecule has 4 nitrogen and oxygen atoms in total. The topological polar surface area (TPSA) is 52.9 Å². The molecule has 3 unspecified atom stereocenters. The van der Waals surface area contributed by atoms with Crippen LogP contribution in [0.1, 0.15) is 24.5 Å². The van der Waals surface area contributed by atoms with E-state index >= 15 is 0 Å². The minimum Gasteiger partial charge on any atom is -0.504 e. The second kappa shape index (κ2) is 3.69. The van der Waals surface area contributed by atoms with Gasteiger partial charge in [-0.05, 0) is 38.1 Å². The first-order valence-corrected chi connectivity index (χ1v) is 8.09. The lowest BCUT2D eigenvalue weighted by molar-refractivity contribution is -0.0891. The molecule has 2 aliphatic heterocycles. The first-order chi connectivity index (χ1) is 10.5. The Morgan fingerprint density at radius 1 is 1.36 bits per heavy atom. The summed E-state index contributed by atoms with van der Waals surface area (Å²) in [6, 6.07) is 4.18. The molecule has 0 aromatic heterocycles. The highest BCUT2D eigenvalue weighted by Crippen LogP contribution is 2.67. The number of hydrogen-bond donors (Lipinski definition) is 2. The number of aliphatic hydroxyl groups excluding tert-OH is 1. The number of rotatable bonds is 0. The zero-order chi connectivity index (χ0) is 15.3. The molecule has 0 amide bonds. The molecule has 116 valence electrons. The van der Waals surface area contributed by atoms with Crippen molar-refractivity contribution in [2.24, 2.45) is 5.41 Å². The molecule has 1 spiro atoms. The molecule has 1 fully saturated rings. The van der Waals surface area contributed by atoms with Crippen molar-refractivity contribution in [1.29, 1.82) is 0 Å². The monoisotopic (exact) mass is 299 g/mol. The molecule has 1 aromatic rings. The molecule has 0 saturated carbocycles. The summed E-state index contributed by atoms with van der Waals surface area (Å²) in [6.07, 6.45) is 5.11. The van der Waals surface area contributed by atoms with Crippen molar-refractivity contribution in [2.75, 3.05) is 13.6 Å². The number of phenolic OH excluding ortho intramolecular Hbond substituents is 1. The van der Waals surface area contributed by atoms with E-state index in [1.54, 1.807) is 6.07 Å². The molecule has 2 N–H and O–H groups in total. The van der Waals surface area contributed by atoms with Gasteiger partial charge in [-0.1, -0.05) is 25.1 Å². The standard InChI is InChI=1S/C18H21NO3/c1-17-6-5-12(21)16-18(17)7-8-19(2)13(17)9-10-3-4-11(20)15(22-16)14(10)18/h3-6,12-13,16,20-21H,7-9H2,1-2H3/t12-,13?,16?,17?,18-/m0/s1. The van der Waals surface area contributed by atoms with Crippen LogP contribution in [0.25, 0.3) is 0 Å². The van der Waals surface area contributed by atoms with Gasteiger partial charge >= 0.3 is 0 Å². The summed E-state index contributed by atoms with van der Waals surface area (Å²) in [7, 11) is 2.19. The average molecular weight is 299 g/mol. The van der Waals surface area contributed by atoms with E-state index in [9.17, 15) is 10.2 Å². The van der Waals surface area contributed by atoms with Gasteiger partial charge in [-0.15, -0.1) is 0 Å². The quantitative estimate of drug-likeness (QED) is 0.714. The van der Waals surface area contributed by atoms with E-state index in [1.807, 2.05) is 12.1 Å². The number of aromatic hydroxyl groups is 1. The van der Waals surface area contributed by atoms with Crippen LogP contribution in [0.4, 0.5) is 0 Å². The lowest BCUT2D eigenvalue weighted by Gasteiger charge is -2.62. The maximum absolute atomic E-state index is 10.6. The summed E-state index contributed by atoms with van der Waals surface area (Å²) in [5, 5.41) is 20.8. The fourth-order valence-electron chi connectivity index (χ4n) is 5.73. The van der Waals surface area contributed by atoms with Crippen LogP contribution < -0.4 is 4.74 Å². The summed E-state index contributed by atoms with van der Waals surface area (Å²) in [5.41, 5.74) is 2.13. The minimum absolute atomic E-state index is 0.0735. The van der Waals surface area contributed by atoms with Crippen LogP contribution in [0.5, 0.6) is 11.5 Å². The van der Waals surface area contributed by atoms with Crippen molar-refractivity contribution in [3.8, 4) is 11.5 Å². The van der Waals surface area contributed by atoms with Gasteiger partial charge in [0, 0.05) is 17.0 Å². The summed E-state index contributed by atoms with van der Waals surface area (Å²) in [5.74, 6) is 0.814. The third kappa shape index (κ3) is 1.14. The van der Waals surface area contributed by atoms with Crippen LogP contribution in [0.3, 0.4) is 0 Å². The lowest BCUT2D eigenvalue weighted by Crippen LogP contribution is -2.70. The van der Waals surface area contributed by atoms with Gasteiger partial charge in [0.25, 0.3) is 0 Å². The Morgan fingerprint density at radius 3 is 3.00 bits per heavy atom. The van der Waals surface area contributed by atoms with Gasteiger partial charge in [-0.2, -0.15) is 0 Å². The van der Waals surface area contributed by atoms with Crippen LogP contribution in [-0.4, -0.2) is 47.0 Å². The summed E-state index contributed by atoms with van der Waals surface area (Å²) < 4.78 is 6.15. The highest BCUT2D eigenvalue weighted by Gasteiger charge is 2.69. The van der Waals surface area contributed by atoms with Gasteiger partial charge in [0.05, 0.1) is 5.41 Å². The number of phenols is 1. The fraction of sp³-hybridized carbons (Fsp3) is 0.556. The summed E-state index contributed by atoms with van der Waals surface area (Å²) in [6.45, 7) is 3.30. The number of aliphatic hydroxyl groups is 1. The molecule has 4 heteroatoms. The van der Waals surface area contributed by atoms with E-state index in [4.69, 9.17) is 4.74 Å². The van der Waals surface area contributed by atoms with E-state index in [1.165, 1.54) is 5.56 Å². The maximum Gasteiger partial charge on any atom is 0.165 e. The van der Waals surface area contributed by atoms with Gasteiger partial charge in [-0.25, -0.2) is 0 Å². The maximum atomic E-state index is 10.6. The van der Waals surface area contributed by atoms with Gasteiger partial charge < -0.3 is 19.8 Å². The van der Waals surface area contributed by atoms with Crippen LogP contribution in [0.2, 0.25) is 0 Å². The van der Waals surface area contributed by atoms with Gasteiger partial charge in [0.2, 0.25) is 0 Å². The molecule has 2 heterocycles. The zero-order valence-corrected chi connectivity index (χ0v) is 12.9. The Hall–Kier alpha value is -1.52. The van der Waals surface area contributed by atoms with Crippen molar-refractivity contribution < 1.29 is 14.9 Å². The number of ether oxygens (including phenoxy) is 1. The van der Waals surface area contributed by atoms with E-state index in [0.29, 0.717) is 11.8 Å². The molecule has 0 radical (unpaired) electrons. The van der Waals surface area contributed by atoms with Gasteiger partial charge in [-0.3, -0.25) is 0 Å². The first-order valence-electron chi connectivity index (χ1n) is 8.09. The number of benzene rings is 1. The Bertz CT molecular complexity index is 715. The lowest BCUT2D eigenvalue weighted by atomic mass is 9.46. The van der Waals surface area contributed by atoms with Crippen LogP contribution in [0.15, 0.2) is 24.3 Å². The van der Waals surface area contributed by atoms with Crippen molar-refractivity contribution >= 4 is 0 Å². The second-order valence-corrected chi connectivity index (χ2v) is 7.54. The van der Waals surface area contributed by atoms with E-state index in [-0.39, 0.29) is 22.7 Å². The molecule has 5 rings (SSSR count). The number of piperidine rings is 1. The van der Waals surface area contributed by atoms with Crippen LogP contribution in [-0.2, 0) is 11.8 Å². The molecule has 1 aromatic carbocycles. The van der Waals surface area contributed by atoms with Gasteiger partial charge in [0.15, 0.2) is 11.5 Å². The third-order valence-corrected chi connectivity index (χ3v) is 6.81. The first kappa shape index (κ1) is 13.0. The van der Waals surface area contributed by atoms with E-state index in [0.717, 1.165) is 24.9 Å². The average Bonchev–Trinajstić information content (AvgIpc) is 2.85. The Balaban J connectivity index is 1.89. The second-order valence-electron chi connectivity index (χ2n) is 7.54. The summed E-state index contributed by atoms with van der Waals surface area (Å²) >= 11 is 0.